The molecule has 1 aromatic heterocycles. The summed E-state index contributed by atoms with van der Waals surface area (Å²) in [6.45, 7) is 8.04. The lowest BCUT2D eigenvalue weighted by Crippen LogP contribution is -2.51. The van der Waals surface area contributed by atoms with Crippen LogP contribution in [0.3, 0.4) is 0 Å². The molecule has 0 unspecified atom stereocenters. The van der Waals surface area contributed by atoms with E-state index in [2.05, 4.69) is 22.9 Å². The standard InChI is InChI=1S/C10H14N2O.C2H6/c1-8-3-9(5-11-4-8)12-6-10(7-12)13-2;1-2/h3-5,10H,6-7H2,1-2H3;1-2H3. The van der Waals surface area contributed by atoms with E-state index in [9.17, 15) is 0 Å². The Balaban J connectivity index is 0.000000531. The Morgan fingerprint density at radius 1 is 1.33 bits per heavy atom. The van der Waals surface area contributed by atoms with E-state index in [0.717, 1.165) is 13.1 Å². The minimum Gasteiger partial charge on any atom is -0.378 e. The molecule has 0 bridgehead atoms. The van der Waals surface area contributed by atoms with E-state index < -0.39 is 0 Å². The molecule has 84 valence electrons. The van der Waals surface area contributed by atoms with Gasteiger partial charge in [0.2, 0.25) is 0 Å². The van der Waals surface area contributed by atoms with Crippen molar-refractivity contribution in [2.24, 2.45) is 0 Å². The Morgan fingerprint density at radius 3 is 2.53 bits per heavy atom. The summed E-state index contributed by atoms with van der Waals surface area (Å²) in [4.78, 5) is 6.43. The maximum Gasteiger partial charge on any atom is 0.0920 e. The predicted molar refractivity (Wildman–Crippen MR) is 63.3 cm³/mol. The number of anilines is 1. The van der Waals surface area contributed by atoms with Crippen molar-refractivity contribution in [2.75, 3.05) is 25.1 Å². The van der Waals surface area contributed by atoms with Crippen LogP contribution in [-0.2, 0) is 4.74 Å². The van der Waals surface area contributed by atoms with Crippen LogP contribution >= 0.6 is 0 Å². The summed E-state index contributed by atoms with van der Waals surface area (Å²) in [5.74, 6) is 0. The average molecular weight is 208 g/mol. The fourth-order valence-electron chi connectivity index (χ4n) is 1.51. The van der Waals surface area contributed by atoms with Gasteiger partial charge in [0.15, 0.2) is 0 Å². The molecule has 1 aliphatic rings. The molecular weight excluding hydrogens is 188 g/mol. The molecule has 0 amide bonds. The van der Waals surface area contributed by atoms with Crippen LogP contribution in [0.15, 0.2) is 18.5 Å². The lowest BCUT2D eigenvalue weighted by molar-refractivity contribution is 0.0787. The highest BCUT2D eigenvalue weighted by Gasteiger charge is 2.26. The third-order valence-electron chi connectivity index (χ3n) is 2.41. The fourth-order valence-corrected chi connectivity index (χ4v) is 1.51. The zero-order chi connectivity index (χ0) is 11.3. The van der Waals surface area contributed by atoms with E-state index in [0.29, 0.717) is 6.10 Å². The molecule has 3 nitrogen and oxygen atoms in total. The van der Waals surface area contributed by atoms with E-state index in [4.69, 9.17) is 4.74 Å². The molecule has 1 aliphatic heterocycles. The number of hydrogen-bond acceptors (Lipinski definition) is 3. The summed E-state index contributed by atoms with van der Waals surface area (Å²) >= 11 is 0. The molecule has 2 rings (SSSR count). The first-order chi connectivity index (χ1) is 7.29. The van der Waals surface area contributed by atoms with E-state index >= 15 is 0 Å². The molecule has 1 aromatic rings. The van der Waals surface area contributed by atoms with Crippen molar-refractivity contribution in [1.29, 1.82) is 0 Å². The number of nitrogens with zero attached hydrogens (tertiary/aromatic N) is 2. The molecular formula is C12H20N2O. The molecule has 0 spiro atoms. The number of aryl methyl sites for hydroxylation is 1. The lowest BCUT2D eigenvalue weighted by Gasteiger charge is -2.39. The highest BCUT2D eigenvalue weighted by Crippen LogP contribution is 2.21. The predicted octanol–water partition coefficient (Wildman–Crippen LogP) is 2.25. The Bertz CT molecular complexity index is 295. The summed E-state index contributed by atoms with van der Waals surface area (Å²) < 4.78 is 5.21. The first-order valence-corrected chi connectivity index (χ1v) is 5.49. The Hall–Kier alpha value is -1.09. The van der Waals surface area contributed by atoms with Gasteiger partial charge in [-0.05, 0) is 18.6 Å². The first-order valence-electron chi connectivity index (χ1n) is 5.49. The van der Waals surface area contributed by atoms with Crippen molar-refractivity contribution in [3.63, 3.8) is 0 Å². The van der Waals surface area contributed by atoms with Gasteiger partial charge in [-0.25, -0.2) is 0 Å². The number of rotatable bonds is 2. The van der Waals surface area contributed by atoms with Crippen molar-refractivity contribution in [2.45, 2.75) is 26.9 Å². The fraction of sp³-hybridized carbons (Fsp3) is 0.583. The van der Waals surface area contributed by atoms with Gasteiger partial charge in [-0.1, -0.05) is 13.8 Å². The van der Waals surface area contributed by atoms with Crippen LogP contribution in [0.4, 0.5) is 5.69 Å². The number of pyridine rings is 1. The molecule has 0 aliphatic carbocycles. The number of hydrogen-bond donors (Lipinski definition) is 0. The van der Waals surface area contributed by atoms with E-state index in [-0.39, 0.29) is 0 Å². The van der Waals surface area contributed by atoms with Gasteiger partial charge >= 0.3 is 0 Å². The second-order valence-corrected chi connectivity index (χ2v) is 3.48. The van der Waals surface area contributed by atoms with Gasteiger partial charge in [0.05, 0.1) is 18.0 Å². The van der Waals surface area contributed by atoms with Gasteiger partial charge in [-0.15, -0.1) is 0 Å². The van der Waals surface area contributed by atoms with Crippen LogP contribution in [0.25, 0.3) is 0 Å². The number of ether oxygens (including phenoxy) is 1. The van der Waals surface area contributed by atoms with Crippen LogP contribution in [0, 0.1) is 6.92 Å². The number of aromatic nitrogens is 1. The summed E-state index contributed by atoms with van der Waals surface area (Å²) in [6.07, 6.45) is 4.18. The monoisotopic (exact) mass is 208 g/mol. The second-order valence-electron chi connectivity index (χ2n) is 3.48. The molecule has 3 heteroatoms. The SMILES string of the molecule is CC.COC1CN(c2cncc(C)c2)C1. The molecule has 0 saturated carbocycles. The lowest BCUT2D eigenvalue weighted by atomic mass is 10.1. The third kappa shape index (κ3) is 2.93. The maximum atomic E-state index is 5.21. The molecule has 2 heterocycles. The summed E-state index contributed by atoms with van der Waals surface area (Å²) in [6, 6.07) is 2.15. The normalized spacial score (nSPS) is 15.3. The Labute approximate surface area is 92.1 Å². The molecule has 15 heavy (non-hydrogen) atoms. The largest absolute Gasteiger partial charge is 0.378 e. The van der Waals surface area contributed by atoms with Crippen LogP contribution in [-0.4, -0.2) is 31.3 Å². The van der Waals surface area contributed by atoms with Crippen molar-refractivity contribution in [3.8, 4) is 0 Å². The molecule has 0 aromatic carbocycles. The zero-order valence-corrected chi connectivity index (χ0v) is 10.0. The molecule has 1 fully saturated rings. The molecule has 1 saturated heterocycles. The van der Waals surface area contributed by atoms with E-state index in [1.54, 1.807) is 7.11 Å². The third-order valence-corrected chi connectivity index (χ3v) is 2.41. The average Bonchev–Trinajstić information content (AvgIpc) is 2.19. The van der Waals surface area contributed by atoms with Crippen LogP contribution in [0.5, 0.6) is 0 Å². The molecule has 0 radical (unpaired) electrons. The summed E-state index contributed by atoms with van der Waals surface area (Å²) in [5.41, 5.74) is 2.41. The summed E-state index contributed by atoms with van der Waals surface area (Å²) in [5, 5.41) is 0. The Kier molecular flexibility index (Phi) is 4.56. The minimum absolute atomic E-state index is 0.403. The van der Waals surface area contributed by atoms with Crippen molar-refractivity contribution in [1.82, 2.24) is 4.98 Å². The smallest absolute Gasteiger partial charge is 0.0920 e. The van der Waals surface area contributed by atoms with Gasteiger partial charge in [0.25, 0.3) is 0 Å². The minimum atomic E-state index is 0.403. The molecule has 0 N–H and O–H groups in total. The van der Waals surface area contributed by atoms with E-state index in [1.807, 2.05) is 26.2 Å². The van der Waals surface area contributed by atoms with Crippen molar-refractivity contribution < 1.29 is 4.74 Å². The van der Waals surface area contributed by atoms with Gasteiger partial charge in [-0.3, -0.25) is 4.98 Å². The van der Waals surface area contributed by atoms with Gasteiger partial charge < -0.3 is 9.64 Å². The quantitative estimate of drug-likeness (QED) is 0.745. The highest BCUT2D eigenvalue weighted by molar-refractivity contribution is 5.48. The van der Waals surface area contributed by atoms with Crippen LogP contribution < -0.4 is 4.90 Å². The maximum absolute atomic E-state index is 5.21. The summed E-state index contributed by atoms with van der Waals surface area (Å²) in [7, 11) is 1.76. The zero-order valence-electron chi connectivity index (χ0n) is 10.0. The first kappa shape index (κ1) is 12.0. The van der Waals surface area contributed by atoms with Crippen molar-refractivity contribution in [3.05, 3.63) is 24.0 Å². The van der Waals surface area contributed by atoms with Crippen LogP contribution in [0.1, 0.15) is 19.4 Å². The number of methoxy groups -OCH3 is 1. The second kappa shape index (κ2) is 5.71. The van der Waals surface area contributed by atoms with Gasteiger partial charge in [-0.2, -0.15) is 0 Å². The van der Waals surface area contributed by atoms with Gasteiger partial charge in [0, 0.05) is 26.4 Å². The van der Waals surface area contributed by atoms with Crippen molar-refractivity contribution >= 4 is 5.69 Å². The highest BCUT2D eigenvalue weighted by atomic mass is 16.5. The topological polar surface area (TPSA) is 25.4 Å². The molecule has 0 atom stereocenters. The van der Waals surface area contributed by atoms with Gasteiger partial charge in [0.1, 0.15) is 0 Å². The van der Waals surface area contributed by atoms with E-state index in [1.165, 1.54) is 11.3 Å². The Morgan fingerprint density at radius 2 is 2.00 bits per heavy atom. The van der Waals surface area contributed by atoms with Crippen LogP contribution in [0.2, 0.25) is 0 Å².